The molecular formula is C19H21BrN2O3. The number of rotatable bonds is 7. The van der Waals surface area contributed by atoms with Crippen LogP contribution in [0.2, 0.25) is 0 Å². The highest BCUT2D eigenvalue weighted by Crippen LogP contribution is 2.29. The molecule has 0 aliphatic heterocycles. The molecule has 25 heavy (non-hydrogen) atoms. The number of carbonyl (C=O) groups is 1. The van der Waals surface area contributed by atoms with Gasteiger partial charge >= 0.3 is 0 Å². The first-order valence-electron chi connectivity index (χ1n) is 8.28. The zero-order valence-electron chi connectivity index (χ0n) is 14.3. The number of benzene rings is 2. The number of nitrogens with one attached hydrogen (secondary N) is 2. The molecule has 0 saturated carbocycles. The minimum atomic E-state index is -0.140. The van der Waals surface area contributed by atoms with Gasteiger partial charge in [-0.15, -0.1) is 0 Å². The first-order chi connectivity index (χ1) is 12.1. The van der Waals surface area contributed by atoms with Crippen molar-refractivity contribution in [3.63, 3.8) is 0 Å². The number of hydrogen-bond acceptors (Lipinski definition) is 3. The maximum absolute atomic E-state index is 11.4. The lowest BCUT2D eigenvalue weighted by Crippen LogP contribution is -2.38. The second-order valence-electron chi connectivity index (χ2n) is 5.99. The summed E-state index contributed by atoms with van der Waals surface area (Å²) in [7, 11) is 0. The summed E-state index contributed by atoms with van der Waals surface area (Å²) in [6, 6.07) is 12.4. The molecular weight excluding hydrogens is 384 g/mol. The fraction of sp³-hybridized carbons (Fsp3) is 0.316. The van der Waals surface area contributed by atoms with Gasteiger partial charge < -0.3 is 10.3 Å². The van der Waals surface area contributed by atoms with Gasteiger partial charge in [-0.25, -0.2) is 9.78 Å². The molecule has 3 aromatic rings. The number of H-pyrrole nitrogens is 1. The summed E-state index contributed by atoms with van der Waals surface area (Å²) in [5.41, 5.74) is 3.33. The van der Waals surface area contributed by atoms with Crippen LogP contribution in [0.15, 0.2) is 40.9 Å². The molecule has 1 aromatic heterocycles. The predicted molar refractivity (Wildman–Crippen MR) is 102 cm³/mol. The normalized spacial score (nSPS) is 12.6. The lowest BCUT2D eigenvalue weighted by Gasteiger charge is -2.17. The SMILES string of the molecule is CCOOCC(Cc1ccc2[nH]c3ccc(Br)cc3c2c1)NC(C)=O. The summed E-state index contributed by atoms with van der Waals surface area (Å²) < 4.78 is 1.05. The van der Waals surface area contributed by atoms with Gasteiger partial charge in [0.1, 0.15) is 6.61 Å². The average molecular weight is 405 g/mol. The lowest BCUT2D eigenvalue weighted by molar-refractivity contribution is -0.294. The molecule has 1 heterocycles. The Balaban J connectivity index is 1.87. The minimum Gasteiger partial charge on any atom is -0.355 e. The first kappa shape index (κ1) is 17.9. The summed E-state index contributed by atoms with van der Waals surface area (Å²) in [6.07, 6.45) is 0.670. The molecule has 0 aliphatic rings. The van der Waals surface area contributed by atoms with Crippen molar-refractivity contribution in [2.24, 2.45) is 0 Å². The number of carbonyl (C=O) groups excluding carboxylic acids is 1. The molecule has 0 aliphatic carbocycles. The third-order valence-corrected chi connectivity index (χ3v) is 4.48. The number of amides is 1. The van der Waals surface area contributed by atoms with Crippen molar-refractivity contribution in [3.05, 3.63) is 46.4 Å². The number of fused-ring (bicyclic) bond motifs is 3. The number of hydrogen-bond donors (Lipinski definition) is 2. The third kappa shape index (κ3) is 4.39. The third-order valence-electron chi connectivity index (χ3n) is 3.99. The number of halogens is 1. The highest BCUT2D eigenvalue weighted by atomic mass is 79.9. The lowest BCUT2D eigenvalue weighted by atomic mass is 10.0. The van der Waals surface area contributed by atoms with Crippen molar-refractivity contribution < 1.29 is 14.6 Å². The fourth-order valence-electron chi connectivity index (χ4n) is 2.98. The van der Waals surface area contributed by atoms with Crippen LogP contribution in [0.25, 0.3) is 21.8 Å². The Morgan fingerprint density at radius 2 is 1.88 bits per heavy atom. The van der Waals surface area contributed by atoms with E-state index in [1.807, 2.05) is 13.0 Å². The van der Waals surface area contributed by atoms with Gasteiger partial charge in [-0.1, -0.05) is 22.0 Å². The maximum Gasteiger partial charge on any atom is 0.217 e. The summed E-state index contributed by atoms with van der Waals surface area (Å²) in [5, 5.41) is 5.26. The van der Waals surface area contributed by atoms with E-state index in [2.05, 4.69) is 56.6 Å². The van der Waals surface area contributed by atoms with E-state index in [-0.39, 0.29) is 11.9 Å². The van der Waals surface area contributed by atoms with Crippen molar-refractivity contribution in [2.45, 2.75) is 26.3 Å². The average Bonchev–Trinajstić information content (AvgIpc) is 2.92. The molecule has 0 spiro atoms. The molecule has 1 amide bonds. The summed E-state index contributed by atoms with van der Waals surface area (Å²) in [4.78, 5) is 25.0. The molecule has 3 rings (SSSR count). The molecule has 2 aromatic carbocycles. The standard InChI is InChI=1S/C19H21BrN2O3/c1-3-24-25-11-15(21-12(2)23)8-13-4-6-18-16(9-13)17-10-14(20)5-7-19(17)22-18/h4-7,9-10,15,22H,3,8,11H2,1-2H3,(H,21,23). The first-order valence-corrected chi connectivity index (χ1v) is 9.07. The number of aromatic amines is 1. The molecule has 2 N–H and O–H groups in total. The van der Waals surface area contributed by atoms with Crippen molar-refractivity contribution in [1.82, 2.24) is 10.3 Å². The molecule has 0 bridgehead atoms. The summed E-state index contributed by atoms with van der Waals surface area (Å²) in [5.74, 6) is -0.0813. The Hall–Kier alpha value is -1.89. The molecule has 5 nitrogen and oxygen atoms in total. The van der Waals surface area contributed by atoms with E-state index in [9.17, 15) is 4.79 Å². The maximum atomic E-state index is 11.4. The predicted octanol–water partition coefficient (Wildman–Crippen LogP) is 4.10. The van der Waals surface area contributed by atoms with Gasteiger partial charge in [0.2, 0.25) is 5.91 Å². The van der Waals surface area contributed by atoms with E-state index < -0.39 is 0 Å². The van der Waals surface area contributed by atoms with Crippen LogP contribution < -0.4 is 5.32 Å². The Morgan fingerprint density at radius 1 is 1.16 bits per heavy atom. The van der Waals surface area contributed by atoms with Crippen molar-refractivity contribution in [3.8, 4) is 0 Å². The molecule has 0 fully saturated rings. The van der Waals surface area contributed by atoms with Gasteiger partial charge in [-0.05, 0) is 49.2 Å². The van der Waals surface area contributed by atoms with Gasteiger partial charge in [-0.3, -0.25) is 4.79 Å². The largest absolute Gasteiger partial charge is 0.355 e. The van der Waals surface area contributed by atoms with Crippen molar-refractivity contribution in [2.75, 3.05) is 13.2 Å². The topological polar surface area (TPSA) is 63.4 Å². The summed E-state index contributed by atoms with van der Waals surface area (Å²) >= 11 is 3.53. The van der Waals surface area contributed by atoms with Gasteiger partial charge in [0.05, 0.1) is 12.6 Å². The van der Waals surface area contributed by atoms with E-state index in [0.717, 1.165) is 21.1 Å². The van der Waals surface area contributed by atoms with Crippen LogP contribution in [0.1, 0.15) is 19.4 Å². The second kappa shape index (κ2) is 7.99. The minimum absolute atomic E-state index is 0.0813. The van der Waals surface area contributed by atoms with E-state index >= 15 is 0 Å². The Labute approximate surface area is 154 Å². The molecule has 1 atom stereocenters. The van der Waals surface area contributed by atoms with Gasteiger partial charge in [0.15, 0.2) is 0 Å². The second-order valence-corrected chi connectivity index (χ2v) is 6.90. The highest BCUT2D eigenvalue weighted by molar-refractivity contribution is 9.10. The van der Waals surface area contributed by atoms with Crippen molar-refractivity contribution >= 4 is 43.6 Å². The van der Waals surface area contributed by atoms with E-state index in [0.29, 0.717) is 19.6 Å². The van der Waals surface area contributed by atoms with Gasteiger partial charge in [0.25, 0.3) is 0 Å². The van der Waals surface area contributed by atoms with Gasteiger partial charge in [0, 0.05) is 33.2 Å². The Kier molecular flexibility index (Phi) is 5.73. The van der Waals surface area contributed by atoms with Crippen LogP contribution in [0.4, 0.5) is 0 Å². The molecule has 0 radical (unpaired) electrons. The molecule has 0 saturated heterocycles. The zero-order valence-corrected chi connectivity index (χ0v) is 15.9. The van der Waals surface area contributed by atoms with Crippen molar-refractivity contribution in [1.29, 1.82) is 0 Å². The Morgan fingerprint density at radius 3 is 2.60 bits per heavy atom. The van der Waals surface area contributed by atoms with Crippen LogP contribution >= 0.6 is 15.9 Å². The Bertz CT molecular complexity index is 891. The van der Waals surface area contributed by atoms with E-state index in [1.165, 1.54) is 17.7 Å². The van der Waals surface area contributed by atoms with E-state index in [1.54, 1.807) is 0 Å². The van der Waals surface area contributed by atoms with Crippen LogP contribution in [-0.4, -0.2) is 30.1 Å². The summed E-state index contributed by atoms with van der Waals surface area (Å²) in [6.45, 7) is 4.15. The molecule has 1 unspecified atom stereocenters. The smallest absolute Gasteiger partial charge is 0.217 e. The van der Waals surface area contributed by atoms with E-state index in [4.69, 9.17) is 9.78 Å². The van der Waals surface area contributed by atoms with Crippen LogP contribution in [0.3, 0.4) is 0 Å². The fourth-order valence-corrected chi connectivity index (χ4v) is 3.34. The van der Waals surface area contributed by atoms with Crippen LogP contribution in [0.5, 0.6) is 0 Å². The molecule has 132 valence electrons. The monoisotopic (exact) mass is 404 g/mol. The highest BCUT2D eigenvalue weighted by Gasteiger charge is 2.13. The van der Waals surface area contributed by atoms with Crippen LogP contribution in [-0.2, 0) is 21.0 Å². The number of aromatic nitrogens is 1. The molecule has 6 heteroatoms. The zero-order chi connectivity index (χ0) is 17.8. The van der Waals surface area contributed by atoms with Gasteiger partial charge in [-0.2, -0.15) is 0 Å². The van der Waals surface area contributed by atoms with Crippen LogP contribution in [0, 0.1) is 0 Å². The quantitative estimate of drug-likeness (QED) is 0.354.